The first-order valence-corrected chi connectivity index (χ1v) is 15.4. The van der Waals surface area contributed by atoms with Crippen LogP contribution in [0.5, 0.6) is 0 Å². The van der Waals surface area contributed by atoms with Crippen molar-refractivity contribution in [3.63, 3.8) is 0 Å². The Kier molecular flexibility index (Phi) is 10.7. The SMILES string of the molecule is Cc1ccc(-c2cc(C(F)(F)F)nn2-c2ccc(S(=O)(=O)NC(=O)CN(C(C)C)/[N+]([O-])=N/OC(C)OC(=O)C(C)(C)C)cc2)cc1. The molecule has 46 heavy (non-hydrogen) atoms. The number of nitrogens with zero attached hydrogens (tertiary/aromatic N) is 5. The monoisotopic (exact) mass is 668 g/mol. The maximum atomic E-state index is 13.5. The van der Waals surface area contributed by atoms with Gasteiger partial charge in [-0.15, -0.1) is 5.01 Å². The van der Waals surface area contributed by atoms with E-state index in [1.165, 1.54) is 32.9 Å². The highest BCUT2D eigenvalue weighted by Crippen LogP contribution is 2.33. The molecule has 0 saturated heterocycles. The maximum absolute atomic E-state index is 13.5. The Balaban J connectivity index is 1.76. The predicted molar refractivity (Wildman–Crippen MR) is 158 cm³/mol. The second kappa shape index (κ2) is 13.8. The van der Waals surface area contributed by atoms with E-state index in [4.69, 9.17) is 9.57 Å². The van der Waals surface area contributed by atoms with E-state index < -0.39 is 58.1 Å². The van der Waals surface area contributed by atoms with Gasteiger partial charge in [0.1, 0.15) is 0 Å². The molecule has 17 heteroatoms. The number of amides is 1. The summed E-state index contributed by atoms with van der Waals surface area (Å²) in [5.74, 6) is -1.70. The molecule has 0 aliphatic rings. The van der Waals surface area contributed by atoms with Crippen LogP contribution in [0.3, 0.4) is 0 Å². The summed E-state index contributed by atoms with van der Waals surface area (Å²) in [6, 6.07) is 11.7. The molecular formula is C29H35F3N6O7S. The van der Waals surface area contributed by atoms with Gasteiger partial charge in [-0.1, -0.05) is 29.8 Å². The number of hydrazine groups is 1. The minimum Gasteiger partial charge on any atom is -0.569 e. The Labute approximate surface area is 264 Å². The van der Waals surface area contributed by atoms with Crippen LogP contribution >= 0.6 is 0 Å². The highest BCUT2D eigenvalue weighted by atomic mass is 32.2. The van der Waals surface area contributed by atoms with Crippen LogP contribution in [0.25, 0.3) is 16.9 Å². The lowest BCUT2D eigenvalue weighted by molar-refractivity contribution is -0.717. The van der Waals surface area contributed by atoms with Crippen LogP contribution in [0.2, 0.25) is 0 Å². The van der Waals surface area contributed by atoms with E-state index in [9.17, 15) is 36.4 Å². The molecule has 1 atom stereocenters. The molecule has 0 aliphatic carbocycles. The first-order chi connectivity index (χ1) is 21.2. The third-order valence-electron chi connectivity index (χ3n) is 6.26. The van der Waals surface area contributed by atoms with Gasteiger partial charge < -0.3 is 9.94 Å². The average molecular weight is 669 g/mol. The third kappa shape index (κ3) is 9.18. The third-order valence-corrected chi connectivity index (χ3v) is 7.65. The van der Waals surface area contributed by atoms with E-state index in [2.05, 4.69) is 10.4 Å². The van der Waals surface area contributed by atoms with E-state index in [0.717, 1.165) is 33.5 Å². The molecule has 1 aromatic heterocycles. The summed E-state index contributed by atoms with van der Waals surface area (Å²) in [5.41, 5.74) is -0.346. The largest absolute Gasteiger partial charge is 0.569 e. The molecule has 0 bridgehead atoms. The fourth-order valence-corrected chi connectivity index (χ4v) is 4.72. The second-order valence-electron chi connectivity index (χ2n) is 11.6. The minimum absolute atomic E-state index is 0.0714. The number of nitrogens with one attached hydrogen (secondary N) is 1. The van der Waals surface area contributed by atoms with Gasteiger partial charge in [0.05, 0.1) is 32.7 Å². The van der Waals surface area contributed by atoms with Crippen LogP contribution in [0.15, 0.2) is 64.8 Å². The van der Waals surface area contributed by atoms with Crippen molar-refractivity contribution in [2.24, 2.45) is 10.7 Å². The van der Waals surface area contributed by atoms with Gasteiger partial charge in [0.25, 0.3) is 22.2 Å². The lowest BCUT2D eigenvalue weighted by Gasteiger charge is -2.22. The smallest absolute Gasteiger partial charge is 0.435 e. The average Bonchev–Trinajstić information content (AvgIpc) is 3.40. The molecule has 2 aromatic carbocycles. The summed E-state index contributed by atoms with van der Waals surface area (Å²) in [4.78, 5) is 29.1. The van der Waals surface area contributed by atoms with Gasteiger partial charge in [0.2, 0.25) is 5.28 Å². The number of ether oxygens (including phenoxy) is 1. The van der Waals surface area contributed by atoms with E-state index >= 15 is 0 Å². The van der Waals surface area contributed by atoms with E-state index in [1.807, 2.05) is 11.6 Å². The van der Waals surface area contributed by atoms with Crippen molar-refractivity contribution in [1.29, 1.82) is 0 Å². The number of aryl methyl sites for hydroxylation is 1. The van der Waals surface area contributed by atoms with Gasteiger partial charge in [-0.2, -0.15) is 18.3 Å². The van der Waals surface area contributed by atoms with Gasteiger partial charge in [0.15, 0.2) is 12.2 Å². The molecule has 250 valence electrons. The standard InChI is InChI=1S/C29H35F3N6O7S/c1-18(2)36(38(41)35-45-20(4)44-27(40)28(5,6)7)17-26(39)34-46(42,43)23-14-12-22(13-15-23)37-24(16-25(33-37)29(30,31)32)21-10-8-19(3)9-11-21/h8-16,18,20H,17H2,1-7H3,(H,34,39)/b38-35-. The van der Waals surface area contributed by atoms with Crippen molar-refractivity contribution in [3.8, 4) is 16.9 Å². The Morgan fingerprint density at radius 1 is 1.07 bits per heavy atom. The summed E-state index contributed by atoms with van der Waals surface area (Å²) in [7, 11) is -4.47. The number of hydrogen-bond donors (Lipinski definition) is 1. The lowest BCUT2D eigenvalue weighted by atomic mass is 9.97. The van der Waals surface area contributed by atoms with Crippen LogP contribution < -0.4 is 4.72 Å². The number of alkyl halides is 3. The number of carbonyl (C=O) groups is 2. The van der Waals surface area contributed by atoms with Crippen LogP contribution in [-0.2, 0) is 35.4 Å². The summed E-state index contributed by atoms with van der Waals surface area (Å²) >= 11 is 0. The van der Waals surface area contributed by atoms with Crippen molar-refractivity contribution in [1.82, 2.24) is 19.5 Å². The molecule has 0 fully saturated rings. The molecular weight excluding hydrogens is 633 g/mol. The zero-order chi connectivity index (χ0) is 34.6. The maximum Gasteiger partial charge on any atom is 0.435 e. The van der Waals surface area contributed by atoms with Gasteiger partial charge in [-0.05, 0) is 71.9 Å². The zero-order valence-corrected chi connectivity index (χ0v) is 27.0. The first-order valence-electron chi connectivity index (χ1n) is 13.9. The molecule has 0 radical (unpaired) electrons. The number of sulfonamides is 1. The van der Waals surface area contributed by atoms with Gasteiger partial charge >= 0.3 is 12.1 Å². The molecule has 3 rings (SSSR count). The molecule has 13 nitrogen and oxygen atoms in total. The van der Waals surface area contributed by atoms with E-state index in [0.29, 0.717) is 5.56 Å². The fourth-order valence-electron chi connectivity index (χ4n) is 3.74. The number of esters is 1. The number of hydrogen-bond acceptors (Lipinski definition) is 9. The van der Waals surface area contributed by atoms with E-state index in [-0.39, 0.29) is 21.2 Å². The molecule has 1 N–H and O–H groups in total. The molecule has 1 unspecified atom stereocenters. The second-order valence-corrected chi connectivity index (χ2v) is 13.2. The van der Waals surface area contributed by atoms with Gasteiger partial charge in [-0.25, -0.2) is 17.8 Å². The molecule has 1 amide bonds. The summed E-state index contributed by atoms with van der Waals surface area (Å²) in [6.45, 7) is 10.3. The Hall–Kier alpha value is -4.67. The van der Waals surface area contributed by atoms with Crippen LogP contribution in [0.4, 0.5) is 13.2 Å². The number of rotatable bonds is 11. The number of benzene rings is 2. The van der Waals surface area contributed by atoms with E-state index in [1.54, 1.807) is 45.0 Å². The summed E-state index contributed by atoms with van der Waals surface area (Å²) in [6.07, 6.45) is -5.96. The minimum atomic E-state index is -4.72. The topological polar surface area (TPSA) is 158 Å². The Morgan fingerprint density at radius 3 is 2.17 bits per heavy atom. The van der Waals surface area contributed by atoms with Crippen molar-refractivity contribution in [3.05, 3.63) is 71.1 Å². The quantitative estimate of drug-likeness (QED) is 0.0962. The number of carbonyl (C=O) groups excluding carboxylic acids is 2. The molecule has 0 aliphatic heterocycles. The number of aromatic nitrogens is 2. The Morgan fingerprint density at radius 2 is 1.65 bits per heavy atom. The first kappa shape index (κ1) is 35.8. The zero-order valence-electron chi connectivity index (χ0n) is 26.2. The van der Waals surface area contributed by atoms with Gasteiger partial charge in [-0.3, -0.25) is 14.4 Å². The molecule has 0 saturated carbocycles. The van der Waals surface area contributed by atoms with Crippen molar-refractivity contribution >= 4 is 21.9 Å². The van der Waals surface area contributed by atoms with Crippen molar-refractivity contribution in [2.75, 3.05) is 6.54 Å². The highest BCUT2D eigenvalue weighted by molar-refractivity contribution is 7.90. The molecule has 1 heterocycles. The fraction of sp³-hybridized carbons (Fsp3) is 0.414. The predicted octanol–water partition coefficient (Wildman–Crippen LogP) is 5.13. The normalized spacial score (nSPS) is 13.3. The van der Waals surface area contributed by atoms with Crippen LogP contribution in [0.1, 0.15) is 52.8 Å². The van der Waals surface area contributed by atoms with Crippen LogP contribution in [-0.4, -0.2) is 58.9 Å². The van der Waals surface area contributed by atoms with Crippen molar-refractivity contribution in [2.45, 2.75) is 71.9 Å². The van der Waals surface area contributed by atoms with Crippen LogP contribution in [0, 0.1) is 17.5 Å². The number of halogens is 3. The summed E-state index contributed by atoms with van der Waals surface area (Å²) in [5, 5.41) is 20.4. The lowest BCUT2D eigenvalue weighted by Crippen LogP contribution is -2.45. The highest BCUT2D eigenvalue weighted by Gasteiger charge is 2.35. The van der Waals surface area contributed by atoms with Gasteiger partial charge in [0, 0.05) is 12.5 Å². The molecule has 0 spiro atoms. The Bertz CT molecular complexity index is 1680. The molecule has 3 aromatic rings. The summed E-state index contributed by atoms with van der Waals surface area (Å²) < 4.78 is 74.4. The van der Waals surface area contributed by atoms with Crippen molar-refractivity contribution < 1.29 is 45.7 Å².